The second kappa shape index (κ2) is 11.7. The minimum atomic E-state index is -0.455. The van der Waals surface area contributed by atoms with Crippen molar-refractivity contribution in [2.45, 2.75) is 78.1 Å². The fraction of sp³-hybridized carbons (Fsp3) is 0.600. The molecule has 0 bridgehead atoms. The molecule has 4 heteroatoms. The van der Waals surface area contributed by atoms with Crippen LogP contribution in [-0.2, 0) is 12.8 Å². The molecule has 0 N–H and O–H groups in total. The number of hydrogen-bond acceptors (Lipinski definition) is 2. The van der Waals surface area contributed by atoms with Crippen molar-refractivity contribution in [1.29, 1.82) is 0 Å². The van der Waals surface area contributed by atoms with Gasteiger partial charge in [-0.25, -0.2) is 0 Å². The summed E-state index contributed by atoms with van der Waals surface area (Å²) in [5, 5.41) is -0.909. The van der Waals surface area contributed by atoms with Gasteiger partial charge in [-0.2, -0.15) is 0 Å². The molecule has 0 saturated heterocycles. The van der Waals surface area contributed by atoms with Crippen LogP contribution in [0.15, 0.2) is 12.1 Å². The number of aryl methyl sites for hydroxylation is 2. The van der Waals surface area contributed by atoms with Crippen LogP contribution >= 0.6 is 23.2 Å². The number of benzene rings is 1. The van der Waals surface area contributed by atoms with Crippen molar-refractivity contribution in [3.05, 3.63) is 34.4 Å². The van der Waals surface area contributed by atoms with E-state index >= 15 is 0 Å². The Kier molecular flexibility index (Phi) is 10.3. The number of hydrogen-bond donors (Lipinski definition) is 0. The van der Waals surface area contributed by atoms with Crippen molar-refractivity contribution < 1.29 is 9.59 Å². The minimum absolute atomic E-state index is 0.455. The van der Waals surface area contributed by atoms with E-state index in [9.17, 15) is 9.59 Å². The quantitative estimate of drug-likeness (QED) is 0.303. The molecule has 0 unspecified atom stereocenters. The molecule has 0 aliphatic rings. The highest BCUT2D eigenvalue weighted by Gasteiger charge is 2.17. The van der Waals surface area contributed by atoms with Crippen molar-refractivity contribution in [3.8, 4) is 0 Å². The van der Waals surface area contributed by atoms with Gasteiger partial charge < -0.3 is 0 Å². The van der Waals surface area contributed by atoms with Gasteiger partial charge in [-0.15, -0.1) is 0 Å². The lowest BCUT2D eigenvalue weighted by molar-refractivity contribution is 0.106. The molecule has 0 aliphatic carbocycles. The van der Waals surface area contributed by atoms with E-state index in [1.54, 1.807) is 12.1 Å². The molecule has 0 fully saturated rings. The first kappa shape index (κ1) is 21.2. The Hall–Kier alpha value is -0.860. The van der Waals surface area contributed by atoms with Gasteiger partial charge in [-0.3, -0.25) is 9.59 Å². The highest BCUT2D eigenvalue weighted by molar-refractivity contribution is 6.68. The molecule has 0 saturated carbocycles. The molecule has 0 atom stereocenters. The van der Waals surface area contributed by atoms with Gasteiger partial charge in [-0.1, -0.05) is 52.4 Å². The fourth-order valence-corrected chi connectivity index (χ4v) is 3.31. The molecule has 1 rings (SSSR count). The predicted octanol–water partition coefficient (Wildman–Crippen LogP) is 6.69. The fourth-order valence-electron chi connectivity index (χ4n) is 2.95. The van der Waals surface area contributed by atoms with Gasteiger partial charge in [-0.05, 0) is 72.1 Å². The number of unbranched alkanes of at least 4 members (excludes halogenated alkanes) is 6. The van der Waals surface area contributed by atoms with E-state index in [0.717, 1.165) is 62.5 Å². The minimum Gasteiger partial charge on any atom is -0.276 e. The van der Waals surface area contributed by atoms with Gasteiger partial charge in [0.25, 0.3) is 10.5 Å². The summed E-state index contributed by atoms with van der Waals surface area (Å²) in [6.07, 6.45) is 10.3. The standard InChI is InChI=1S/C20H28Cl2O2/c1-3-5-7-9-11-15-13-18(20(22)24)16(12-10-8-6-4-2)14-17(15)19(21)23/h13-14H,3-12H2,1-2H3. The highest BCUT2D eigenvalue weighted by Crippen LogP contribution is 2.24. The molecule has 24 heavy (non-hydrogen) atoms. The van der Waals surface area contributed by atoms with Crippen molar-refractivity contribution in [1.82, 2.24) is 0 Å². The first-order chi connectivity index (χ1) is 11.5. The predicted molar refractivity (Wildman–Crippen MR) is 103 cm³/mol. The summed E-state index contributed by atoms with van der Waals surface area (Å²) in [7, 11) is 0. The van der Waals surface area contributed by atoms with Gasteiger partial charge in [0.05, 0.1) is 0 Å². The number of halogens is 2. The van der Waals surface area contributed by atoms with Gasteiger partial charge in [0, 0.05) is 11.1 Å². The van der Waals surface area contributed by atoms with Crippen LogP contribution in [0, 0.1) is 0 Å². The third-order valence-electron chi connectivity index (χ3n) is 4.35. The van der Waals surface area contributed by atoms with Gasteiger partial charge in [0.1, 0.15) is 0 Å². The molecule has 0 amide bonds. The van der Waals surface area contributed by atoms with Crippen LogP contribution in [0.1, 0.15) is 97.1 Å². The summed E-state index contributed by atoms with van der Waals surface area (Å²) in [6.45, 7) is 4.32. The van der Waals surface area contributed by atoms with Crippen LogP contribution in [0.3, 0.4) is 0 Å². The van der Waals surface area contributed by atoms with Crippen LogP contribution in [0.2, 0.25) is 0 Å². The molecule has 0 heterocycles. The summed E-state index contributed by atoms with van der Waals surface area (Å²) in [6, 6.07) is 3.57. The number of carbonyl (C=O) groups excluding carboxylic acids is 2. The first-order valence-electron chi connectivity index (χ1n) is 9.06. The zero-order valence-corrected chi connectivity index (χ0v) is 16.3. The van der Waals surface area contributed by atoms with Crippen LogP contribution in [0.4, 0.5) is 0 Å². The van der Waals surface area contributed by atoms with Gasteiger partial charge >= 0.3 is 0 Å². The third kappa shape index (κ3) is 6.94. The number of rotatable bonds is 12. The van der Waals surface area contributed by atoms with Crippen LogP contribution in [0.25, 0.3) is 0 Å². The van der Waals surface area contributed by atoms with E-state index in [4.69, 9.17) is 23.2 Å². The Morgan fingerprint density at radius 3 is 1.38 bits per heavy atom. The monoisotopic (exact) mass is 370 g/mol. The second-order valence-electron chi connectivity index (χ2n) is 6.34. The van der Waals surface area contributed by atoms with Gasteiger partial charge in [0.15, 0.2) is 0 Å². The molecular formula is C20H28Cl2O2. The Morgan fingerprint density at radius 2 is 1.08 bits per heavy atom. The molecule has 0 aliphatic heterocycles. The molecule has 0 spiro atoms. The lowest BCUT2D eigenvalue weighted by atomic mass is 9.93. The third-order valence-corrected chi connectivity index (χ3v) is 4.76. The van der Waals surface area contributed by atoms with Crippen molar-refractivity contribution in [3.63, 3.8) is 0 Å². The lowest BCUT2D eigenvalue weighted by Crippen LogP contribution is -2.06. The Morgan fingerprint density at radius 1 is 0.708 bits per heavy atom. The SMILES string of the molecule is CCCCCCc1cc(C(=O)Cl)c(CCCCCC)cc1C(=O)Cl. The summed E-state index contributed by atoms with van der Waals surface area (Å²) >= 11 is 11.6. The maximum absolute atomic E-state index is 11.8. The smallest absolute Gasteiger partial charge is 0.252 e. The molecule has 134 valence electrons. The summed E-state index contributed by atoms with van der Waals surface area (Å²) in [5.74, 6) is 0. The Labute approximate surface area is 155 Å². The average molecular weight is 371 g/mol. The van der Waals surface area contributed by atoms with Crippen LogP contribution in [-0.4, -0.2) is 10.5 Å². The summed E-state index contributed by atoms with van der Waals surface area (Å²) < 4.78 is 0. The van der Waals surface area contributed by atoms with Crippen molar-refractivity contribution in [2.75, 3.05) is 0 Å². The maximum Gasteiger partial charge on any atom is 0.252 e. The average Bonchev–Trinajstić information content (AvgIpc) is 2.55. The second-order valence-corrected chi connectivity index (χ2v) is 7.02. The zero-order chi connectivity index (χ0) is 17.9. The van der Waals surface area contributed by atoms with Crippen LogP contribution in [0.5, 0.6) is 0 Å². The van der Waals surface area contributed by atoms with E-state index in [1.165, 1.54) is 12.8 Å². The van der Waals surface area contributed by atoms with Crippen molar-refractivity contribution >= 4 is 33.7 Å². The molecule has 0 radical (unpaired) electrons. The Bertz CT molecular complexity index is 503. The zero-order valence-electron chi connectivity index (χ0n) is 14.8. The Balaban J connectivity index is 3.00. The van der Waals surface area contributed by atoms with E-state index in [-0.39, 0.29) is 0 Å². The van der Waals surface area contributed by atoms with Crippen molar-refractivity contribution in [2.24, 2.45) is 0 Å². The topological polar surface area (TPSA) is 34.1 Å². The van der Waals surface area contributed by atoms with Gasteiger partial charge in [0.2, 0.25) is 0 Å². The summed E-state index contributed by atoms with van der Waals surface area (Å²) in [4.78, 5) is 23.6. The van der Waals surface area contributed by atoms with E-state index in [0.29, 0.717) is 11.1 Å². The van der Waals surface area contributed by atoms with E-state index in [2.05, 4.69) is 13.8 Å². The summed E-state index contributed by atoms with van der Waals surface area (Å²) in [5.41, 5.74) is 2.74. The van der Waals surface area contributed by atoms with Crippen LogP contribution < -0.4 is 0 Å². The maximum atomic E-state index is 11.8. The molecule has 1 aromatic carbocycles. The number of carbonyl (C=O) groups is 2. The molecule has 2 nitrogen and oxygen atoms in total. The largest absolute Gasteiger partial charge is 0.276 e. The first-order valence-corrected chi connectivity index (χ1v) is 9.82. The van der Waals surface area contributed by atoms with E-state index in [1.807, 2.05) is 0 Å². The lowest BCUT2D eigenvalue weighted by Gasteiger charge is -2.13. The molecular weight excluding hydrogens is 343 g/mol. The highest BCUT2D eigenvalue weighted by atomic mass is 35.5. The molecule has 1 aromatic rings. The normalized spacial score (nSPS) is 10.8. The van der Waals surface area contributed by atoms with E-state index < -0.39 is 10.5 Å². The molecule has 0 aromatic heterocycles.